The molecule has 0 radical (unpaired) electrons. The van der Waals surface area contributed by atoms with Crippen molar-refractivity contribution in [1.82, 2.24) is 0 Å². The topological polar surface area (TPSA) is 55.1 Å². The number of nitrogens with one attached hydrogen (secondary N) is 1. The van der Waals surface area contributed by atoms with Crippen LogP contribution < -0.4 is 11.1 Å². The minimum absolute atomic E-state index is 0.0311. The van der Waals surface area contributed by atoms with Gasteiger partial charge in [0, 0.05) is 5.69 Å². The molecule has 0 saturated carbocycles. The van der Waals surface area contributed by atoms with Crippen LogP contribution in [-0.4, -0.2) is 12.5 Å². The highest BCUT2D eigenvalue weighted by molar-refractivity contribution is 6.03. The first-order valence-electron chi connectivity index (χ1n) is 5.28. The molecular formula is C12H16N2O. The van der Waals surface area contributed by atoms with E-state index < -0.39 is 0 Å². The molecule has 3 N–H and O–H groups in total. The maximum Gasteiger partial charge on any atom is 0.231 e. The van der Waals surface area contributed by atoms with Crippen LogP contribution in [0, 0.1) is 6.92 Å². The van der Waals surface area contributed by atoms with Crippen molar-refractivity contribution in [1.29, 1.82) is 0 Å². The molecule has 1 aromatic rings. The number of amides is 1. The fourth-order valence-corrected chi connectivity index (χ4v) is 2.09. The lowest BCUT2D eigenvalue weighted by Gasteiger charge is -2.08. The predicted molar refractivity (Wildman–Crippen MR) is 61.0 cm³/mol. The van der Waals surface area contributed by atoms with Gasteiger partial charge in [-0.15, -0.1) is 0 Å². The van der Waals surface area contributed by atoms with Crippen LogP contribution in [0.25, 0.3) is 0 Å². The predicted octanol–water partition coefficient (Wildman–Crippen LogP) is 1.55. The van der Waals surface area contributed by atoms with Gasteiger partial charge in [-0.1, -0.05) is 12.1 Å². The lowest BCUT2D eigenvalue weighted by molar-refractivity contribution is -0.116. The highest BCUT2D eigenvalue weighted by Crippen LogP contribution is 2.35. The smallest absolute Gasteiger partial charge is 0.231 e. The average molecular weight is 204 g/mol. The van der Waals surface area contributed by atoms with Crippen molar-refractivity contribution >= 4 is 11.6 Å². The maximum absolute atomic E-state index is 11.5. The van der Waals surface area contributed by atoms with E-state index in [0.717, 1.165) is 23.2 Å². The molecule has 1 amide bonds. The van der Waals surface area contributed by atoms with Gasteiger partial charge in [0.1, 0.15) is 0 Å². The van der Waals surface area contributed by atoms with Crippen molar-refractivity contribution in [2.45, 2.75) is 26.2 Å². The largest absolute Gasteiger partial charge is 0.330 e. The molecule has 1 aliphatic rings. The standard InChI is InChI=1S/C12H16N2O/c1-7-5-9(3-4-13)6-10-8(2)12(15)14-11(7)10/h5-6,8H,3-4,13H2,1-2H3,(H,14,15). The lowest BCUT2D eigenvalue weighted by Crippen LogP contribution is -2.08. The average Bonchev–Trinajstić information content (AvgIpc) is 2.46. The molecule has 0 aromatic heterocycles. The second kappa shape index (κ2) is 3.66. The first-order valence-corrected chi connectivity index (χ1v) is 5.28. The Kier molecular flexibility index (Phi) is 2.49. The second-order valence-corrected chi connectivity index (χ2v) is 4.13. The summed E-state index contributed by atoms with van der Waals surface area (Å²) in [6.07, 6.45) is 0.870. The van der Waals surface area contributed by atoms with E-state index in [1.165, 1.54) is 5.56 Å². The normalized spacial score (nSPS) is 18.9. The van der Waals surface area contributed by atoms with Crippen molar-refractivity contribution in [2.75, 3.05) is 11.9 Å². The van der Waals surface area contributed by atoms with Crippen LogP contribution in [-0.2, 0) is 11.2 Å². The van der Waals surface area contributed by atoms with E-state index in [9.17, 15) is 4.79 Å². The number of carbonyl (C=O) groups is 1. The quantitative estimate of drug-likeness (QED) is 0.768. The van der Waals surface area contributed by atoms with Crippen molar-refractivity contribution < 1.29 is 4.79 Å². The summed E-state index contributed by atoms with van der Waals surface area (Å²) in [5.74, 6) is 0.0643. The Bertz CT molecular complexity index is 412. The van der Waals surface area contributed by atoms with E-state index in [1.54, 1.807) is 0 Å². The van der Waals surface area contributed by atoms with Gasteiger partial charge in [0.05, 0.1) is 5.92 Å². The minimum Gasteiger partial charge on any atom is -0.330 e. The molecule has 15 heavy (non-hydrogen) atoms. The third-order valence-corrected chi connectivity index (χ3v) is 2.97. The summed E-state index contributed by atoms with van der Waals surface area (Å²) in [4.78, 5) is 11.5. The van der Waals surface area contributed by atoms with Crippen LogP contribution in [0.2, 0.25) is 0 Å². The van der Waals surface area contributed by atoms with E-state index in [0.29, 0.717) is 6.54 Å². The van der Waals surface area contributed by atoms with Gasteiger partial charge in [0.15, 0.2) is 0 Å². The number of anilines is 1. The molecule has 3 heteroatoms. The van der Waals surface area contributed by atoms with Crippen LogP contribution in [0.4, 0.5) is 5.69 Å². The zero-order valence-electron chi connectivity index (χ0n) is 9.13. The number of carbonyl (C=O) groups excluding carboxylic acids is 1. The molecule has 0 aliphatic carbocycles. The van der Waals surface area contributed by atoms with Crippen LogP contribution in [0.1, 0.15) is 29.5 Å². The van der Waals surface area contributed by atoms with Crippen molar-refractivity contribution in [3.8, 4) is 0 Å². The van der Waals surface area contributed by atoms with Gasteiger partial charge in [0.25, 0.3) is 0 Å². The molecule has 0 fully saturated rings. The molecule has 80 valence electrons. The summed E-state index contributed by atoms with van der Waals surface area (Å²) < 4.78 is 0. The maximum atomic E-state index is 11.5. The van der Waals surface area contributed by atoms with Gasteiger partial charge in [-0.3, -0.25) is 4.79 Å². The molecule has 0 spiro atoms. The summed E-state index contributed by atoms with van der Waals surface area (Å²) in [5, 5.41) is 2.91. The summed E-state index contributed by atoms with van der Waals surface area (Å²) in [7, 11) is 0. The van der Waals surface area contributed by atoms with Crippen LogP contribution >= 0.6 is 0 Å². The molecule has 1 aromatic carbocycles. The Hall–Kier alpha value is -1.35. The summed E-state index contributed by atoms with van der Waals surface area (Å²) in [6.45, 7) is 4.61. The minimum atomic E-state index is -0.0311. The number of nitrogens with two attached hydrogens (primary N) is 1. The molecular weight excluding hydrogens is 188 g/mol. The number of aryl methyl sites for hydroxylation is 1. The summed E-state index contributed by atoms with van der Waals surface area (Å²) in [6, 6.07) is 4.20. The Morgan fingerprint density at radius 2 is 2.20 bits per heavy atom. The van der Waals surface area contributed by atoms with Gasteiger partial charge in [-0.05, 0) is 43.5 Å². The van der Waals surface area contributed by atoms with Crippen LogP contribution in [0.15, 0.2) is 12.1 Å². The second-order valence-electron chi connectivity index (χ2n) is 4.13. The zero-order chi connectivity index (χ0) is 11.0. The van der Waals surface area contributed by atoms with E-state index in [-0.39, 0.29) is 11.8 Å². The molecule has 3 nitrogen and oxygen atoms in total. The van der Waals surface area contributed by atoms with Crippen molar-refractivity contribution in [3.05, 3.63) is 28.8 Å². The van der Waals surface area contributed by atoms with E-state index in [4.69, 9.17) is 5.73 Å². The monoisotopic (exact) mass is 204 g/mol. The summed E-state index contributed by atoms with van der Waals surface area (Å²) >= 11 is 0. The Morgan fingerprint density at radius 3 is 2.87 bits per heavy atom. The first-order chi connectivity index (χ1) is 7.13. The van der Waals surface area contributed by atoms with E-state index in [2.05, 4.69) is 17.4 Å². The van der Waals surface area contributed by atoms with Crippen molar-refractivity contribution in [2.24, 2.45) is 5.73 Å². The summed E-state index contributed by atoms with van der Waals surface area (Å²) in [5.41, 5.74) is 10.00. The highest BCUT2D eigenvalue weighted by Gasteiger charge is 2.27. The number of hydrogen-bond acceptors (Lipinski definition) is 2. The fourth-order valence-electron chi connectivity index (χ4n) is 2.09. The Labute approximate surface area is 89.7 Å². The number of rotatable bonds is 2. The molecule has 1 aliphatic heterocycles. The number of benzene rings is 1. The SMILES string of the molecule is Cc1cc(CCN)cc2c1NC(=O)C2C. The lowest BCUT2D eigenvalue weighted by atomic mass is 9.96. The molecule has 1 unspecified atom stereocenters. The number of hydrogen-bond donors (Lipinski definition) is 2. The first kappa shape index (κ1) is 10.2. The molecule has 1 atom stereocenters. The van der Waals surface area contributed by atoms with Crippen LogP contribution in [0.3, 0.4) is 0 Å². The van der Waals surface area contributed by atoms with E-state index >= 15 is 0 Å². The zero-order valence-corrected chi connectivity index (χ0v) is 9.13. The molecule has 2 rings (SSSR count). The van der Waals surface area contributed by atoms with Crippen molar-refractivity contribution in [3.63, 3.8) is 0 Å². The Morgan fingerprint density at radius 1 is 1.47 bits per heavy atom. The van der Waals surface area contributed by atoms with Gasteiger partial charge in [-0.25, -0.2) is 0 Å². The highest BCUT2D eigenvalue weighted by atomic mass is 16.2. The van der Waals surface area contributed by atoms with Gasteiger partial charge < -0.3 is 11.1 Å². The third-order valence-electron chi connectivity index (χ3n) is 2.97. The molecule has 0 saturated heterocycles. The van der Waals surface area contributed by atoms with Gasteiger partial charge >= 0.3 is 0 Å². The van der Waals surface area contributed by atoms with Gasteiger partial charge in [-0.2, -0.15) is 0 Å². The Balaban J connectivity index is 2.47. The molecule has 0 bridgehead atoms. The van der Waals surface area contributed by atoms with Crippen LogP contribution in [0.5, 0.6) is 0 Å². The fraction of sp³-hybridized carbons (Fsp3) is 0.417. The van der Waals surface area contributed by atoms with E-state index in [1.807, 2.05) is 13.8 Å². The number of fused-ring (bicyclic) bond motifs is 1. The molecule has 1 heterocycles. The van der Waals surface area contributed by atoms with Gasteiger partial charge in [0.2, 0.25) is 5.91 Å². The third kappa shape index (κ3) is 1.63.